The minimum absolute atomic E-state index is 0.00380. The van der Waals surface area contributed by atoms with Gasteiger partial charge in [-0.25, -0.2) is 8.78 Å². The first-order chi connectivity index (χ1) is 11.5. The van der Waals surface area contributed by atoms with Crippen LogP contribution in [-0.4, -0.2) is 36.1 Å². The standard InChI is InChI=1S/C17H18F2N2O3/c18-12-5-13(19)7-15(6-12)21-8-11(4-16(21)23)17(24)20-14-2-1-10(3-14)9-22/h1-2,5-7,10-11,14,22H,3-4,8-9H2,(H,20,24)/t10-,11?,14+/m0/s1. The Morgan fingerprint density at radius 2 is 1.96 bits per heavy atom. The first kappa shape index (κ1) is 16.6. The zero-order valence-electron chi connectivity index (χ0n) is 12.9. The monoisotopic (exact) mass is 336 g/mol. The van der Waals surface area contributed by atoms with Crippen LogP contribution >= 0.6 is 0 Å². The third kappa shape index (κ3) is 3.46. The lowest BCUT2D eigenvalue weighted by Crippen LogP contribution is -2.38. The highest BCUT2D eigenvalue weighted by atomic mass is 19.1. The van der Waals surface area contributed by atoms with Crippen LogP contribution in [0.5, 0.6) is 0 Å². The summed E-state index contributed by atoms with van der Waals surface area (Å²) in [6.07, 6.45) is 4.31. The summed E-state index contributed by atoms with van der Waals surface area (Å²) in [6.45, 7) is 0.122. The van der Waals surface area contributed by atoms with Gasteiger partial charge in [-0.05, 0) is 18.6 Å². The number of amides is 2. The Bertz CT molecular complexity index is 672. The molecular formula is C17H18F2N2O3. The van der Waals surface area contributed by atoms with Gasteiger partial charge >= 0.3 is 0 Å². The fraction of sp³-hybridized carbons (Fsp3) is 0.412. The summed E-state index contributed by atoms with van der Waals surface area (Å²) in [5.74, 6) is -2.67. The number of carbonyl (C=O) groups excluding carboxylic acids is 2. The van der Waals surface area contributed by atoms with Crippen LogP contribution in [0, 0.1) is 23.5 Å². The highest BCUT2D eigenvalue weighted by molar-refractivity contribution is 6.00. The van der Waals surface area contributed by atoms with Crippen molar-refractivity contribution in [3.05, 3.63) is 42.0 Å². The molecule has 0 aromatic heterocycles. The third-order valence-corrected chi connectivity index (χ3v) is 4.39. The topological polar surface area (TPSA) is 69.6 Å². The van der Waals surface area contributed by atoms with Crippen molar-refractivity contribution in [2.75, 3.05) is 18.1 Å². The maximum Gasteiger partial charge on any atom is 0.227 e. The molecule has 0 bridgehead atoms. The lowest BCUT2D eigenvalue weighted by molar-refractivity contribution is -0.126. The molecule has 7 heteroatoms. The summed E-state index contributed by atoms with van der Waals surface area (Å²) in [7, 11) is 0. The van der Waals surface area contributed by atoms with Gasteiger partial charge in [-0.1, -0.05) is 12.2 Å². The predicted octanol–water partition coefficient (Wildman–Crippen LogP) is 1.37. The summed E-state index contributed by atoms with van der Waals surface area (Å²) in [5.41, 5.74) is 0.119. The number of carbonyl (C=O) groups is 2. The van der Waals surface area contributed by atoms with E-state index in [1.54, 1.807) is 0 Å². The largest absolute Gasteiger partial charge is 0.396 e. The van der Waals surface area contributed by atoms with E-state index >= 15 is 0 Å². The molecule has 1 saturated heterocycles. The number of hydrogen-bond donors (Lipinski definition) is 2. The van der Waals surface area contributed by atoms with E-state index in [4.69, 9.17) is 5.11 Å². The van der Waals surface area contributed by atoms with Crippen molar-refractivity contribution in [2.24, 2.45) is 11.8 Å². The first-order valence-electron chi connectivity index (χ1n) is 7.82. The number of rotatable bonds is 4. The van der Waals surface area contributed by atoms with E-state index in [0.717, 1.165) is 18.2 Å². The van der Waals surface area contributed by atoms with Gasteiger partial charge < -0.3 is 15.3 Å². The van der Waals surface area contributed by atoms with Gasteiger partial charge in [0.05, 0.1) is 5.92 Å². The van der Waals surface area contributed by atoms with Crippen molar-refractivity contribution < 1.29 is 23.5 Å². The number of nitrogens with zero attached hydrogens (tertiary/aromatic N) is 1. The quantitative estimate of drug-likeness (QED) is 0.816. The molecule has 1 aliphatic carbocycles. The van der Waals surface area contributed by atoms with Crippen molar-refractivity contribution in [2.45, 2.75) is 18.9 Å². The number of anilines is 1. The van der Waals surface area contributed by atoms with Gasteiger partial charge in [-0.2, -0.15) is 0 Å². The Balaban J connectivity index is 1.64. The summed E-state index contributed by atoms with van der Waals surface area (Å²) < 4.78 is 26.6. The molecular weight excluding hydrogens is 318 g/mol. The molecule has 0 saturated carbocycles. The summed E-state index contributed by atoms with van der Waals surface area (Å²) in [6, 6.07) is 2.73. The molecule has 128 valence electrons. The van der Waals surface area contributed by atoms with Crippen LogP contribution in [0.4, 0.5) is 14.5 Å². The Hall–Kier alpha value is -2.28. The molecule has 3 atom stereocenters. The molecule has 0 spiro atoms. The maximum absolute atomic E-state index is 13.3. The fourth-order valence-corrected chi connectivity index (χ4v) is 3.15. The molecule has 1 aliphatic heterocycles. The van der Waals surface area contributed by atoms with E-state index in [1.165, 1.54) is 4.90 Å². The van der Waals surface area contributed by atoms with E-state index < -0.39 is 17.6 Å². The molecule has 1 heterocycles. The van der Waals surface area contributed by atoms with Crippen LogP contribution in [-0.2, 0) is 9.59 Å². The molecule has 24 heavy (non-hydrogen) atoms. The molecule has 5 nitrogen and oxygen atoms in total. The van der Waals surface area contributed by atoms with E-state index in [-0.39, 0.29) is 49.0 Å². The van der Waals surface area contributed by atoms with E-state index in [9.17, 15) is 18.4 Å². The van der Waals surface area contributed by atoms with Crippen molar-refractivity contribution >= 4 is 17.5 Å². The maximum atomic E-state index is 13.3. The molecule has 2 amide bonds. The molecule has 3 rings (SSSR count). The van der Waals surface area contributed by atoms with Crippen molar-refractivity contribution in [1.82, 2.24) is 5.32 Å². The second-order valence-corrected chi connectivity index (χ2v) is 6.21. The Kier molecular flexibility index (Phi) is 4.62. The van der Waals surface area contributed by atoms with E-state index in [1.807, 2.05) is 12.2 Å². The third-order valence-electron chi connectivity index (χ3n) is 4.39. The predicted molar refractivity (Wildman–Crippen MR) is 83.1 cm³/mol. The second-order valence-electron chi connectivity index (χ2n) is 6.21. The fourth-order valence-electron chi connectivity index (χ4n) is 3.15. The van der Waals surface area contributed by atoms with E-state index in [2.05, 4.69) is 5.32 Å². The zero-order chi connectivity index (χ0) is 17.3. The van der Waals surface area contributed by atoms with Crippen LogP contribution in [0.3, 0.4) is 0 Å². The lowest BCUT2D eigenvalue weighted by atomic mass is 10.1. The minimum atomic E-state index is -0.767. The van der Waals surface area contributed by atoms with Gasteiger partial charge in [0.1, 0.15) is 11.6 Å². The van der Waals surface area contributed by atoms with Gasteiger partial charge in [-0.3, -0.25) is 9.59 Å². The number of halogens is 2. The van der Waals surface area contributed by atoms with Gasteiger partial charge in [0.25, 0.3) is 0 Å². The summed E-state index contributed by atoms with van der Waals surface area (Å²) >= 11 is 0. The van der Waals surface area contributed by atoms with Crippen LogP contribution in [0.2, 0.25) is 0 Å². The average Bonchev–Trinajstić information content (AvgIpc) is 3.12. The molecule has 0 radical (unpaired) electrons. The minimum Gasteiger partial charge on any atom is -0.396 e. The number of nitrogens with one attached hydrogen (secondary N) is 1. The highest BCUT2D eigenvalue weighted by Gasteiger charge is 2.36. The van der Waals surface area contributed by atoms with Gasteiger partial charge in [0, 0.05) is 43.3 Å². The molecule has 2 N–H and O–H groups in total. The molecule has 2 aliphatic rings. The van der Waals surface area contributed by atoms with Crippen molar-refractivity contribution in [1.29, 1.82) is 0 Å². The Labute approximate surface area is 138 Å². The smallest absolute Gasteiger partial charge is 0.227 e. The Morgan fingerprint density at radius 3 is 2.58 bits per heavy atom. The average molecular weight is 336 g/mol. The lowest BCUT2D eigenvalue weighted by Gasteiger charge is -2.18. The van der Waals surface area contributed by atoms with Gasteiger partial charge in [0.15, 0.2) is 0 Å². The van der Waals surface area contributed by atoms with Crippen LogP contribution in [0.25, 0.3) is 0 Å². The number of aliphatic hydroxyl groups is 1. The van der Waals surface area contributed by atoms with Crippen molar-refractivity contribution in [3.63, 3.8) is 0 Å². The molecule has 1 aromatic carbocycles. The number of aliphatic hydroxyl groups excluding tert-OH is 1. The molecule has 1 unspecified atom stereocenters. The summed E-state index contributed by atoms with van der Waals surface area (Å²) in [5, 5.41) is 11.9. The van der Waals surface area contributed by atoms with Gasteiger partial charge in [-0.15, -0.1) is 0 Å². The molecule has 1 fully saturated rings. The Morgan fingerprint density at radius 1 is 1.25 bits per heavy atom. The van der Waals surface area contributed by atoms with Crippen LogP contribution < -0.4 is 10.2 Å². The number of hydrogen-bond acceptors (Lipinski definition) is 3. The van der Waals surface area contributed by atoms with Gasteiger partial charge in [0.2, 0.25) is 11.8 Å². The highest BCUT2D eigenvalue weighted by Crippen LogP contribution is 2.27. The normalized spacial score (nSPS) is 26.2. The van der Waals surface area contributed by atoms with E-state index in [0.29, 0.717) is 6.42 Å². The van der Waals surface area contributed by atoms with Crippen molar-refractivity contribution in [3.8, 4) is 0 Å². The zero-order valence-corrected chi connectivity index (χ0v) is 12.9. The first-order valence-corrected chi connectivity index (χ1v) is 7.82. The van der Waals surface area contributed by atoms with Crippen LogP contribution in [0.1, 0.15) is 12.8 Å². The number of benzene rings is 1. The summed E-state index contributed by atoms with van der Waals surface area (Å²) in [4.78, 5) is 25.7. The second kappa shape index (κ2) is 6.68. The molecule has 1 aromatic rings. The van der Waals surface area contributed by atoms with Crippen LogP contribution in [0.15, 0.2) is 30.4 Å². The SMILES string of the molecule is O=C(N[C@@H]1C=C[C@H](CO)C1)C1CC(=O)N(c2cc(F)cc(F)c2)C1.